The highest BCUT2D eigenvalue weighted by molar-refractivity contribution is 7.59. The summed E-state index contributed by atoms with van der Waals surface area (Å²) in [5, 5.41) is 0. The van der Waals surface area contributed by atoms with Crippen molar-refractivity contribution in [3.8, 4) is 0 Å². The Morgan fingerprint density at radius 1 is 1.00 bits per heavy atom. The maximum absolute atomic E-state index is 12.0. The predicted octanol–water partition coefficient (Wildman–Crippen LogP) is 4.42. The van der Waals surface area contributed by atoms with Gasteiger partial charge in [-0.05, 0) is 17.5 Å². The molecule has 0 saturated carbocycles. The van der Waals surface area contributed by atoms with Crippen molar-refractivity contribution in [1.82, 2.24) is 0 Å². The van der Waals surface area contributed by atoms with Gasteiger partial charge in [0.1, 0.15) is 0 Å². The number of hydrogen-bond donors (Lipinski definition) is 0. The van der Waals surface area contributed by atoms with Crippen LogP contribution in [0.4, 0.5) is 12.6 Å². The quantitative estimate of drug-likeness (QED) is 0.643. The Bertz CT molecular complexity index is 263. The van der Waals surface area contributed by atoms with Crippen molar-refractivity contribution < 1.29 is 12.6 Å². The highest BCUT2D eigenvalue weighted by Crippen LogP contribution is 2.66. The van der Waals surface area contributed by atoms with Crippen LogP contribution in [0.2, 0.25) is 0 Å². The molecule has 13 heavy (non-hydrogen) atoms. The summed E-state index contributed by atoms with van der Waals surface area (Å²) in [6, 6.07) is 6.63. The lowest BCUT2D eigenvalue weighted by Crippen LogP contribution is -1.85. The summed E-state index contributed by atoms with van der Waals surface area (Å²) in [6.45, 7) is 1.98. The monoisotopic (exact) mass is 207 g/mol. The summed E-state index contributed by atoms with van der Waals surface area (Å²) >= 11 is 0. The van der Waals surface area contributed by atoms with Crippen LogP contribution in [0.5, 0.6) is 0 Å². The topological polar surface area (TPSA) is 0 Å². The van der Waals surface area contributed by atoms with Crippen LogP contribution < -0.4 is 0 Å². The lowest BCUT2D eigenvalue weighted by atomic mass is 10.1. The van der Waals surface area contributed by atoms with E-state index in [4.69, 9.17) is 0 Å². The van der Waals surface area contributed by atoms with Gasteiger partial charge in [-0.15, -0.1) is 0 Å². The molecule has 0 saturated heterocycles. The number of rotatable bonds is 3. The van der Waals surface area contributed by atoms with Crippen molar-refractivity contribution in [3.05, 3.63) is 35.4 Å². The first-order valence-electron chi connectivity index (χ1n) is 4.06. The van der Waals surface area contributed by atoms with Crippen molar-refractivity contribution in [2.24, 2.45) is 0 Å². The van der Waals surface area contributed by atoms with E-state index in [1.165, 1.54) is 0 Å². The molecule has 0 aliphatic carbocycles. The van der Waals surface area contributed by atoms with Crippen molar-refractivity contribution in [1.29, 1.82) is 0 Å². The molecule has 0 heterocycles. The van der Waals surface area contributed by atoms with Gasteiger partial charge in [-0.3, -0.25) is 0 Å². The van der Waals surface area contributed by atoms with Gasteiger partial charge < -0.3 is 0 Å². The van der Waals surface area contributed by atoms with E-state index < -0.39 is 14.4 Å². The number of benzene rings is 1. The minimum absolute atomic E-state index is 0.373. The summed E-state index contributed by atoms with van der Waals surface area (Å²) in [7, 11) is -5.16. The second kappa shape index (κ2) is 4.10. The second-order valence-electron chi connectivity index (χ2n) is 2.88. The molecule has 1 aromatic rings. The van der Waals surface area contributed by atoms with Crippen LogP contribution in [-0.2, 0) is 12.6 Å². The van der Waals surface area contributed by atoms with E-state index >= 15 is 0 Å². The highest BCUT2D eigenvalue weighted by Gasteiger charge is 2.42. The van der Waals surface area contributed by atoms with Crippen LogP contribution in [0.3, 0.4) is 0 Å². The molecule has 0 amide bonds. The fourth-order valence-corrected chi connectivity index (χ4v) is 1.71. The fraction of sp³-hybridized carbons (Fsp3) is 0.333. The van der Waals surface area contributed by atoms with Gasteiger partial charge in [0.25, 0.3) is 0 Å². The highest BCUT2D eigenvalue weighted by atomic mass is 31.3. The van der Waals surface area contributed by atoms with Crippen molar-refractivity contribution in [2.45, 2.75) is 19.5 Å². The Kier molecular flexibility index (Phi) is 3.32. The Labute approximate surface area is 76.5 Å². The minimum atomic E-state index is -5.16. The lowest BCUT2D eigenvalue weighted by Gasteiger charge is -1.98. The average molecular weight is 207 g/mol. The average Bonchev–Trinajstić information content (AvgIpc) is 2.03. The Morgan fingerprint density at radius 3 is 1.85 bits per heavy atom. The Balaban J connectivity index is 2.70. The molecule has 0 fully saturated rings. The van der Waals surface area contributed by atoms with Gasteiger partial charge in [0.05, 0.1) is 0 Å². The van der Waals surface area contributed by atoms with Gasteiger partial charge in [0.15, 0.2) is 6.16 Å². The molecule has 1 aromatic carbocycles. The van der Waals surface area contributed by atoms with Crippen LogP contribution in [-0.4, -0.2) is 0 Å². The third-order valence-electron chi connectivity index (χ3n) is 1.79. The molecule has 4 heteroatoms. The first-order valence-corrected chi connectivity index (χ1v) is 5.71. The van der Waals surface area contributed by atoms with Gasteiger partial charge >= 0.3 is 8.19 Å². The van der Waals surface area contributed by atoms with Gasteiger partial charge in [0, 0.05) is 12.6 Å². The first-order chi connectivity index (χ1) is 6.01. The van der Waals surface area contributed by atoms with E-state index in [-0.39, 0.29) is 0 Å². The molecule has 72 valence electrons. The molecule has 0 spiro atoms. The Morgan fingerprint density at radius 2 is 1.46 bits per heavy atom. The summed E-state index contributed by atoms with van der Waals surface area (Å²) in [6.07, 6.45) is 0.137. The fourth-order valence-electron chi connectivity index (χ4n) is 1.09. The second-order valence-corrected chi connectivity index (χ2v) is 4.30. The van der Waals surface area contributed by atoms with Crippen molar-refractivity contribution in [3.63, 3.8) is 0 Å². The van der Waals surface area contributed by atoms with E-state index in [2.05, 4.69) is 0 Å². The van der Waals surface area contributed by atoms with E-state index in [0.717, 1.165) is 12.0 Å². The molecule has 0 aliphatic rings. The third-order valence-corrected chi connectivity index (χ3v) is 2.52. The van der Waals surface area contributed by atoms with Gasteiger partial charge in [0.2, 0.25) is 0 Å². The molecule has 1 rings (SSSR count). The smallest absolute Gasteiger partial charge is 0.0613 e. The molecule has 0 nitrogen and oxygen atoms in total. The summed E-state index contributed by atoms with van der Waals surface area (Å²) < 4.78 is 36.1. The van der Waals surface area contributed by atoms with E-state index in [9.17, 15) is 12.6 Å². The summed E-state index contributed by atoms with van der Waals surface area (Å²) in [5.41, 5.74) is 1.45. The summed E-state index contributed by atoms with van der Waals surface area (Å²) in [4.78, 5) is 0. The zero-order chi connectivity index (χ0) is 9.90. The van der Waals surface area contributed by atoms with Gasteiger partial charge in [-0.2, -0.15) is 0 Å². The summed E-state index contributed by atoms with van der Waals surface area (Å²) in [5.74, 6) is 0. The molecular formula is C9H11F3P+. The van der Waals surface area contributed by atoms with Gasteiger partial charge in [-0.1, -0.05) is 31.2 Å². The molecule has 0 radical (unpaired) electrons. The van der Waals surface area contributed by atoms with Crippen molar-refractivity contribution >= 4 is 8.19 Å². The predicted molar refractivity (Wildman–Crippen MR) is 49.8 cm³/mol. The standard InChI is InChI=1S/C9H11F3P/c1-2-8-3-5-9(6-4-8)7-13(10,11)12/h3-6H,2,7H2,1H3/q+1. The van der Waals surface area contributed by atoms with Gasteiger partial charge in [-0.25, -0.2) is 0 Å². The van der Waals surface area contributed by atoms with E-state index in [1.54, 1.807) is 24.3 Å². The SMILES string of the molecule is CCc1ccc(C[P+](F)(F)F)cc1. The first kappa shape index (κ1) is 10.5. The molecule has 0 aromatic heterocycles. The molecular weight excluding hydrogens is 196 g/mol. The third kappa shape index (κ3) is 3.77. The zero-order valence-electron chi connectivity index (χ0n) is 7.30. The molecule has 0 unspecified atom stereocenters. The largest absolute Gasteiger partial charge is 0.573 e. The van der Waals surface area contributed by atoms with Crippen LogP contribution in [0.15, 0.2) is 24.3 Å². The lowest BCUT2D eigenvalue weighted by molar-refractivity contribution is 0.581. The van der Waals surface area contributed by atoms with Crippen LogP contribution in [0.25, 0.3) is 0 Å². The van der Waals surface area contributed by atoms with Crippen LogP contribution in [0.1, 0.15) is 18.1 Å². The normalized spacial score (nSPS) is 11.7. The number of aryl methyl sites for hydroxylation is 1. The zero-order valence-corrected chi connectivity index (χ0v) is 8.20. The van der Waals surface area contributed by atoms with Crippen LogP contribution in [0, 0.1) is 0 Å². The number of hydrogen-bond acceptors (Lipinski definition) is 0. The minimum Gasteiger partial charge on any atom is -0.0613 e. The van der Waals surface area contributed by atoms with Crippen LogP contribution >= 0.6 is 8.19 Å². The maximum atomic E-state index is 12.0. The molecule has 0 bridgehead atoms. The number of halogens is 3. The molecule has 0 N–H and O–H groups in total. The van der Waals surface area contributed by atoms with E-state index in [0.29, 0.717) is 5.56 Å². The molecule has 0 atom stereocenters. The Hall–Kier alpha value is -0.560. The van der Waals surface area contributed by atoms with Crippen molar-refractivity contribution in [2.75, 3.05) is 0 Å². The molecule has 0 aliphatic heterocycles. The maximum Gasteiger partial charge on any atom is 0.573 e. The van der Waals surface area contributed by atoms with E-state index in [1.807, 2.05) is 6.92 Å².